The predicted molar refractivity (Wildman–Crippen MR) is 66.9 cm³/mol. The minimum Gasteiger partial charge on any atom is -0.398 e. The van der Waals surface area contributed by atoms with Gasteiger partial charge < -0.3 is 10.6 Å². The van der Waals surface area contributed by atoms with Gasteiger partial charge in [-0.15, -0.1) is 0 Å². The van der Waals surface area contributed by atoms with Crippen molar-refractivity contribution in [2.75, 3.05) is 5.73 Å². The van der Waals surface area contributed by atoms with E-state index >= 15 is 0 Å². The lowest BCUT2D eigenvalue weighted by Gasteiger charge is -2.29. The van der Waals surface area contributed by atoms with E-state index in [0.29, 0.717) is 0 Å². The summed E-state index contributed by atoms with van der Waals surface area (Å²) in [6.45, 7) is -0.205. The molecular formula is C13H13N3O3. The third kappa shape index (κ3) is 1.76. The molecular weight excluding hydrogens is 246 g/mol. The molecule has 0 bridgehead atoms. The summed E-state index contributed by atoms with van der Waals surface area (Å²) in [5, 5.41) is 2.03. The van der Waals surface area contributed by atoms with E-state index in [9.17, 15) is 14.4 Å². The maximum atomic E-state index is 12.6. The van der Waals surface area contributed by atoms with Crippen LogP contribution in [0.1, 0.15) is 34.2 Å². The number of nitrogens with one attached hydrogen (secondary N) is 1. The second kappa shape index (κ2) is 4.08. The number of anilines is 1. The number of imide groups is 1. The average Bonchev–Trinajstić information content (AvgIpc) is 2.85. The van der Waals surface area contributed by atoms with Gasteiger partial charge in [0, 0.05) is 29.8 Å². The first-order valence-corrected chi connectivity index (χ1v) is 5.73. The Hall–Kier alpha value is -2.37. The highest BCUT2D eigenvalue weighted by molar-refractivity contribution is 6.06. The number of nitrogen functional groups attached to an aromatic ring is 1. The second-order valence-electron chi connectivity index (χ2n) is 4.36. The Morgan fingerprint density at radius 1 is 1.42 bits per heavy atom. The van der Waals surface area contributed by atoms with Crippen molar-refractivity contribution in [2.24, 2.45) is 0 Å². The van der Waals surface area contributed by atoms with Gasteiger partial charge in [-0.3, -0.25) is 19.7 Å². The molecule has 1 fully saturated rings. The summed E-state index contributed by atoms with van der Waals surface area (Å²) in [5.41, 5.74) is 5.69. The van der Waals surface area contributed by atoms with Crippen LogP contribution in [0.2, 0.25) is 0 Å². The Labute approximate surface area is 115 Å². The van der Waals surface area contributed by atoms with E-state index < -0.39 is 35.8 Å². The van der Waals surface area contributed by atoms with Crippen LogP contribution < -0.4 is 11.1 Å². The number of carbonyl (C=O) groups excluding carboxylic acids is 3. The number of hydrogen-bond acceptors (Lipinski definition) is 4. The van der Waals surface area contributed by atoms with E-state index in [4.69, 9.17) is 11.2 Å². The van der Waals surface area contributed by atoms with Crippen LogP contribution in [0.25, 0.3) is 0 Å². The zero-order chi connectivity index (χ0) is 17.1. The monoisotopic (exact) mass is 263 g/mol. The van der Waals surface area contributed by atoms with Gasteiger partial charge >= 0.3 is 0 Å². The molecule has 6 heteroatoms. The van der Waals surface area contributed by atoms with E-state index in [1.54, 1.807) is 0 Å². The Balaban J connectivity index is 2.08. The number of benzene rings is 1. The quantitative estimate of drug-likeness (QED) is 0.552. The fourth-order valence-electron chi connectivity index (χ4n) is 2.24. The molecule has 98 valence electrons. The van der Waals surface area contributed by atoms with Crippen LogP contribution in [0.4, 0.5) is 5.69 Å². The number of nitrogens with two attached hydrogens (primary N) is 1. The molecule has 1 atom stereocenters. The molecule has 0 saturated carbocycles. The summed E-state index contributed by atoms with van der Waals surface area (Å²) >= 11 is 0. The number of rotatable bonds is 1. The van der Waals surface area contributed by atoms with Gasteiger partial charge in [0.15, 0.2) is 0 Å². The minimum absolute atomic E-state index is 0.0774. The molecule has 0 radical (unpaired) electrons. The van der Waals surface area contributed by atoms with Crippen LogP contribution >= 0.6 is 0 Å². The topological polar surface area (TPSA) is 92.5 Å². The Morgan fingerprint density at radius 3 is 2.95 bits per heavy atom. The van der Waals surface area contributed by atoms with Gasteiger partial charge in [0.05, 0.1) is 5.48 Å². The van der Waals surface area contributed by atoms with Crippen LogP contribution in [0.5, 0.6) is 0 Å². The minimum atomic E-state index is -1.98. The van der Waals surface area contributed by atoms with Crippen molar-refractivity contribution in [1.82, 2.24) is 10.2 Å². The van der Waals surface area contributed by atoms with Crippen molar-refractivity contribution in [1.29, 1.82) is 0 Å². The van der Waals surface area contributed by atoms with E-state index in [1.807, 2.05) is 5.32 Å². The van der Waals surface area contributed by atoms with Crippen LogP contribution in [-0.2, 0) is 16.1 Å². The third-order valence-electron chi connectivity index (χ3n) is 3.22. The molecule has 3 rings (SSSR count). The molecule has 0 spiro atoms. The highest BCUT2D eigenvalue weighted by atomic mass is 16.2. The lowest BCUT2D eigenvalue weighted by Crippen LogP contribution is -2.52. The Kier molecular flexibility index (Phi) is 1.70. The third-order valence-corrected chi connectivity index (χ3v) is 3.22. The molecule has 2 aliphatic rings. The SMILES string of the molecule is [2H]c1c([2H])c(N)c2c(c1[2H])C(=O)N([C@@]1([2H])CCC(=O)NC1=O)C2. The van der Waals surface area contributed by atoms with Crippen LogP contribution in [0, 0.1) is 0 Å². The molecule has 3 N–H and O–H groups in total. The second-order valence-corrected chi connectivity index (χ2v) is 4.36. The van der Waals surface area contributed by atoms with E-state index in [-0.39, 0.29) is 42.2 Å². The van der Waals surface area contributed by atoms with Crippen molar-refractivity contribution in [3.8, 4) is 0 Å². The molecule has 19 heavy (non-hydrogen) atoms. The number of nitrogens with zero attached hydrogens (tertiary/aromatic N) is 1. The summed E-state index contributed by atoms with van der Waals surface area (Å²) < 4.78 is 31.6. The zero-order valence-corrected chi connectivity index (χ0v) is 9.87. The Bertz CT molecular complexity index is 782. The summed E-state index contributed by atoms with van der Waals surface area (Å²) in [5.74, 6) is -2.17. The van der Waals surface area contributed by atoms with Crippen molar-refractivity contribution in [3.63, 3.8) is 0 Å². The number of fused-ring (bicyclic) bond motifs is 1. The van der Waals surface area contributed by atoms with Crippen LogP contribution in [-0.4, -0.2) is 28.6 Å². The molecule has 6 nitrogen and oxygen atoms in total. The highest BCUT2D eigenvalue weighted by Gasteiger charge is 2.39. The van der Waals surface area contributed by atoms with Gasteiger partial charge in [-0.2, -0.15) is 0 Å². The molecule has 0 aromatic heterocycles. The van der Waals surface area contributed by atoms with Gasteiger partial charge in [-0.1, -0.05) is 6.04 Å². The van der Waals surface area contributed by atoms with Crippen molar-refractivity contribution >= 4 is 23.4 Å². The normalized spacial score (nSPS) is 29.3. The number of carbonyl (C=O) groups is 3. The van der Waals surface area contributed by atoms with Crippen LogP contribution in [0.15, 0.2) is 18.1 Å². The summed E-state index contributed by atoms with van der Waals surface area (Å²) in [6, 6.07) is -3.25. The molecule has 3 amide bonds. The largest absolute Gasteiger partial charge is 0.398 e. The average molecular weight is 263 g/mol. The molecule has 1 saturated heterocycles. The van der Waals surface area contributed by atoms with Crippen molar-refractivity contribution in [2.45, 2.75) is 25.4 Å². The molecule has 2 heterocycles. The fraction of sp³-hybridized carbons (Fsp3) is 0.308. The van der Waals surface area contributed by atoms with Gasteiger partial charge in [-0.05, 0) is 18.5 Å². The summed E-state index contributed by atoms with van der Waals surface area (Å²) in [6.07, 6.45) is -0.238. The zero-order valence-electron chi connectivity index (χ0n) is 13.9. The number of piperidine rings is 1. The predicted octanol–water partition coefficient (Wildman–Crippen LogP) is 0.0298. The Morgan fingerprint density at radius 2 is 2.21 bits per heavy atom. The standard InChI is InChI=1S/C13H13N3O3/c14-9-3-1-2-7-8(9)6-16(13(7)19)10-4-5-11(17)15-12(10)18/h1-3,10H,4-6,14H2,(H,15,17,18)/t10-/m0/s1/i1D,2D,3D,10D. The molecule has 2 aliphatic heterocycles. The molecule has 1 aromatic carbocycles. The number of amides is 3. The van der Waals surface area contributed by atoms with Gasteiger partial charge in [0.2, 0.25) is 11.8 Å². The molecule has 1 aromatic rings. The first-order valence-electron chi connectivity index (χ1n) is 7.73. The first kappa shape index (κ1) is 7.93. The highest BCUT2D eigenvalue weighted by Crippen LogP contribution is 2.30. The molecule has 0 unspecified atom stereocenters. The van der Waals surface area contributed by atoms with E-state index in [1.165, 1.54) is 0 Å². The maximum Gasteiger partial charge on any atom is 0.255 e. The van der Waals surface area contributed by atoms with Gasteiger partial charge in [0.1, 0.15) is 6.02 Å². The molecule has 0 aliphatic carbocycles. The van der Waals surface area contributed by atoms with Crippen molar-refractivity contribution in [3.05, 3.63) is 29.3 Å². The summed E-state index contributed by atoms with van der Waals surface area (Å²) in [4.78, 5) is 36.8. The fourth-order valence-corrected chi connectivity index (χ4v) is 2.24. The van der Waals surface area contributed by atoms with E-state index in [2.05, 4.69) is 0 Å². The van der Waals surface area contributed by atoms with Crippen LogP contribution in [0.3, 0.4) is 0 Å². The smallest absolute Gasteiger partial charge is 0.255 e. The number of hydrogen-bond donors (Lipinski definition) is 2. The van der Waals surface area contributed by atoms with Crippen molar-refractivity contribution < 1.29 is 19.9 Å². The van der Waals surface area contributed by atoms with Gasteiger partial charge in [-0.25, -0.2) is 0 Å². The lowest BCUT2D eigenvalue weighted by atomic mass is 10.0. The maximum absolute atomic E-state index is 12.6. The van der Waals surface area contributed by atoms with Gasteiger partial charge in [0.25, 0.3) is 5.91 Å². The van der Waals surface area contributed by atoms with E-state index in [0.717, 1.165) is 4.90 Å². The summed E-state index contributed by atoms with van der Waals surface area (Å²) in [7, 11) is 0. The first-order chi connectivity index (χ1) is 10.7. The lowest BCUT2D eigenvalue weighted by molar-refractivity contribution is -0.136.